The molecular formula is C12H9ClFNO. The highest BCUT2D eigenvalue weighted by Crippen LogP contribution is 2.23. The fourth-order valence-electron chi connectivity index (χ4n) is 1.54. The van der Waals surface area contributed by atoms with Crippen molar-refractivity contribution >= 4 is 11.6 Å². The molecule has 0 bridgehead atoms. The third kappa shape index (κ3) is 1.99. The first-order valence-corrected chi connectivity index (χ1v) is 5.10. The Bertz CT molecular complexity index is 592. The number of nitrogens with one attached hydrogen (secondary N) is 1. The molecule has 1 N–H and O–H groups in total. The normalized spacial score (nSPS) is 10.4. The maximum atomic E-state index is 12.8. The minimum absolute atomic E-state index is 0.584. The molecule has 1 heterocycles. The van der Waals surface area contributed by atoms with Gasteiger partial charge in [-0.05, 0) is 24.6 Å². The number of hydrogen-bond acceptors (Lipinski definition) is 1. The van der Waals surface area contributed by atoms with Gasteiger partial charge in [-0.1, -0.05) is 17.7 Å². The Hall–Kier alpha value is -1.61. The van der Waals surface area contributed by atoms with Gasteiger partial charge in [0.1, 0.15) is 0 Å². The first kappa shape index (κ1) is 10.9. The highest BCUT2D eigenvalue weighted by atomic mass is 35.5. The van der Waals surface area contributed by atoms with E-state index in [1.54, 1.807) is 18.2 Å². The van der Waals surface area contributed by atoms with Gasteiger partial charge in [-0.15, -0.1) is 0 Å². The molecule has 4 heteroatoms. The van der Waals surface area contributed by atoms with Crippen molar-refractivity contribution in [2.45, 2.75) is 6.92 Å². The molecule has 2 rings (SSSR count). The molecule has 0 fully saturated rings. The van der Waals surface area contributed by atoms with Crippen LogP contribution in [0, 0.1) is 12.7 Å². The lowest BCUT2D eigenvalue weighted by Gasteiger charge is -2.05. The molecule has 0 saturated heterocycles. The smallest absolute Gasteiger partial charge is 0.217 e. The highest BCUT2D eigenvalue weighted by molar-refractivity contribution is 6.30. The number of hydrogen-bond donors (Lipinski definition) is 1. The number of aromatic nitrogens is 1. The zero-order valence-corrected chi connectivity index (χ0v) is 9.31. The van der Waals surface area contributed by atoms with Gasteiger partial charge in [0, 0.05) is 28.5 Å². The second-order valence-electron chi connectivity index (χ2n) is 3.52. The highest BCUT2D eigenvalue weighted by Gasteiger charge is 2.05. The van der Waals surface area contributed by atoms with E-state index in [1.807, 2.05) is 6.92 Å². The van der Waals surface area contributed by atoms with Crippen LogP contribution in [0.2, 0.25) is 5.02 Å². The van der Waals surface area contributed by atoms with Crippen LogP contribution in [0.1, 0.15) is 5.56 Å². The molecule has 0 atom stereocenters. The fraction of sp³-hybridized carbons (Fsp3) is 0.0833. The van der Waals surface area contributed by atoms with Crippen LogP contribution in [0.25, 0.3) is 11.3 Å². The summed E-state index contributed by atoms with van der Waals surface area (Å²) in [6.07, 6.45) is 1.06. The Labute approximate surface area is 96.7 Å². The van der Waals surface area contributed by atoms with Crippen molar-refractivity contribution in [3.8, 4) is 11.3 Å². The summed E-state index contributed by atoms with van der Waals surface area (Å²) in [7, 11) is 0. The summed E-state index contributed by atoms with van der Waals surface area (Å²) in [6, 6.07) is 6.55. The Morgan fingerprint density at radius 3 is 2.69 bits per heavy atom. The Morgan fingerprint density at radius 2 is 2.06 bits per heavy atom. The number of pyridine rings is 1. The molecule has 2 nitrogen and oxygen atoms in total. The molecule has 0 unspecified atom stereocenters. The van der Waals surface area contributed by atoms with Crippen molar-refractivity contribution in [3.05, 3.63) is 57.1 Å². The van der Waals surface area contributed by atoms with Crippen LogP contribution >= 0.6 is 11.6 Å². The molecule has 0 aliphatic heterocycles. The van der Waals surface area contributed by atoms with E-state index < -0.39 is 11.2 Å². The van der Waals surface area contributed by atoms with Crippen molar-refractivity contribution in [1.29, 1.82) is 0 Å². The van der Waals surface area contributed by atoms with E-state index in [0.29, 0.717) is 10.7 Å². The molecule has 0 saturated carbocycles. The minimum Gasteiger partial charge on any atom is -0.358 e. The first-order valence-electron chi connectivity index (χ1n) is 4.72. The Balaban J connectivity index is 2.59. The maximum Gasteiger partial charge on any atom is 0.217 e. The average molecular weight is 238 g/mol. The van der Waals surface area contributed by atoms with E-state index in [0.717, 1.165) is 17.3 Å². The van der Waals surface area contributed by atoms with E-state index >= 15 is 0 Å². The Morgan fingerprint density at radius 1 is 1.31 bits per heavy atom. The zero-order valence-electron chi connectivity index (χ0n) is 8.55. The standard InChI is InChI=1S/C12H9ClFNO/c1-7-4-8(13)2-3-9(7)11-5-12(16)10(14)6-15-11/h2-6H,1H3,(H,15,16). The van der Waals surface area contributed by atoms with Gasteiger partial charge in [-0.3, -0.25) is 4.79 Å². The lowest BCUT2D eigenvalue weighted by Crippen LogP contribution is -2.06. The van der Waals surface area contributed by atoms with Crippen molar-refractivity contribution < 1.29 is 4.39 Å². The molecule has 0 aliphatic carbocycles. The van der Waals surface area contributed by atoms with Gasteiger partial charge in [0.2, 0.25) is 5.43 Å². The number of halogens is 2. The Kier molecular flexibility index (Phi) is 2.79. The maximum absolute atomic E-state index is 12.8. The SMILES string of the molecule is Cc1cc(Cl)ccc1-c1cc(=O)c(F)c[nH]1. The lowest BCUT2D eigenvalue weighted by molar-refractivity contribution is 0.611. The van der Waals surface area contributed by atoms with E-state index in [1.165, 1.54) is 6.07 Å². The van der Waals surface area contributed by atoms with Crippen LogP contribution in [0.15, 0.2) is 35.3 Å². The van der Waals surface area contributed by atoms with Gasteiger partial charge < -0.3 is 4.98 Å². The summed E-state index contributed by atoms with van der Waals surface area (Å²) in [5, 5.41) is 0.630. The molecule has 16 heavy (non-hydrogen) atoms. The largest absolute Gasteiger partial charge is 0.358 e. The molecule has 0 radical (unpaired) electrons. The molecule has 0 amide bonds. The average Bonchev–Trinajstić information content (AvgIpc) is 2.22. The number of benzene rings is 1. The van der Waals surface area contributed by atoms with E-state index in [-0.39, 0.29) is 0 Å². The summed E-state index contributed by atoms with van der Waals surface area (Å²) in [4.78, 5) is 13.9. The summed E-state index contributed by atoms with van der Waals surface area (Å²) < 4.78 is 12.8. The first-order chi connectivity index (χ1) is 7.58. The predicted octanol–water partition coefficient (Wildman–Crippen LogP) is 3.14. The summed E-state index contributed by atoms with van der Waals surface area (Å²) in [5.74, 6) is -0.782. The van der Waals surface area contributed by atoms with Gasteiger partial charge in [-0.25, -0.2) is 4.39 Å². The molecule has 1 aromatic carbocycles. The van der Waals surface area contributed by atoms with E-state index in [2.05, 4.69) is 4.98 Å². The van der Waals surface area contributed by atoms with E-state index in [4.69, 9.17) is 11.6 Å². The van der Waals surface area contributed by atoms with Crippen molar-refractivity contribution in [2.24, 2.45) is 0 Å². The van der Waals surface area contributed by atoms with Crippen molar-refractivity contribution in [1.82, 2.24) is 4.98 Å². The summed E-state index contributed by atoms with van der Waals surface area (Å²) >= 11 is 5.83. The number of aromatic amines is 1. The molecule has 0 spiro atoms. The molecule has 0 aliphatic rings. The van der Waals surface area contributed by atoms with Crippen molar-refractivity contribution in [2.75, 3.05) is 0 Å². The van der Waals surface area contributed by atoms with Crippen LogP contribution in [-0.2, 0) is 0 Å². The van der Waals surface area contributed by atoms with Crippen LogP contribution in [0.4, 0.5) is 4.39 Å². The van der Waals surface area contributed by atoms with E-state index in [9.17, 15) is 9.18 Å². The molecule has 2 aromatic rings. The number of rotatable bonds is 1. The number of aryl methyl sites for hydroxylation is 1. The van der Waals surface area contributed by atoms with Crippen LogP contribution < -0.4 is 5.43 Å². The lowest BCUT2D eigenvalue weighted by atomic mass is 10.1. The van der Waals surface area contributed by atoms with Gasteiger partial charge >= 0.3 is 0 Å². The summed E-state index contributed by atoms with van der Waals surface area (Å²) in [5.41, 5.74) is 1.72. The second-order valence-corrected chi connectivity index (χ2v) is 3.95. The quantitative estimate of drug-likeness (QED) is 0.812. The zero-order chi connectivity index (χ0) is 11.7. The van der Waals surface area contributed by atoms with Crippen molar-refractivity contribution in [3.63, 3.8) is 0 Å². The van der Waals surface area contributed by atoms with Crippen LogP contribution in [0.3, 0.4) is 0 Å². The third-order valence-electron chi connectivity index (χ3n) is 2.34. The van der Waals surface area contributed by atoms with Gasteiger partial charge in [0.25, 0.3) is 0 Å². The predicted molar refractivity (Wildman–Crippen MR) is 62.2 cm³/mol. The monoisotopic (exact) mass is 237 g/mol. The topological polar surface area (TPSA) is 32.9 Å². The number of H-pyrrole nitrogens is 1. The van der Waals surface area contributed by atoms with Gasteiger partial charge in [0.15, 0.2) is 5.82 Å². The summed E-state index contributed by atoms with van der Waals surface area (Å²) in [6.45, 7) is 1.88. The van der Waals surface area contributed by atoms with Crippen LogP contribution in [-0.4, -0.2) is 4.98 Å². The molecule has 82 valence electrons. The van der Waals surface area contributed by atoms with Gasteiger partial charge in [-0.2, -0.15) is 0 Å². The van der Waals surface area contributed by atoms with Gasteiger partial charge in [0.05, 0.1) is 0 Å². The van der Waals surface area contributed by atoms with Crippen LogP contribution in [0.5, 0.6) is 0 Å². The fourth-order valence-corrected chi connectivity index (χ4v) is 1.77. The minimum atomic E-state index is -0.782. The molecule has 1 aromatic heterocycles. The second kappa shape index (κ2) is 4.10. The third-order valence-corrected chi connectivity index (χ3v) is 2.58. The molecular weight excluding hydrogens is 229 g/mol.